The molecule has 0 aliphatic heterocycles. The molecule has 0 spiro atoms. The summed E-state index contributed by atoms with van der Waals surface area (Å²) in [6.07, 6.45) is 4.34. The van der Waals surface area contributed by atoms with E-state index in [9.17, 15) is 0 Å². The highest BCUT2D eigenvalue weighted by Crippen LogP contribution is 2.23. The van der Waals surface area contributed by atoms with E-state index >= 15 is 0 Å². The number of nitriles is 1. The molecule has 3 heteroatoms. The van der Waals surface area contributed by atoms with Gasteiger partial charge in [-0.2, -0.15) is 5.26 Å². The minimum atomic E-state index is 0.258. The summed E-state index contributed by atoms with van der Waals surface area (Å²) in [4.78, 5) is 0. The summed E-state index contributed by atoms with van der Waals surface area (Å²) in [7, 11) is 0. The molecule has 0 saturated heterocycles. The van der Waals surface area contributed by atoms with E-state index in [1.165, 1.54) is 0 Å². The molecular formula is C13H16N2O. The lowest BCUT2D eigenvalue weighted by Gasteiger charge is -2.26. The van der Waals surface area contributed by atoms with Gasteiger partial charge in [0.1, 0.15) is 5.75 Å². The van der Waals surface area contributed by atoms with Crippen LogP contribution in [-0.4, -0.2) is 12.1 Å². The van der Waals surface area contributed by atoms with Crippen LogP contribution in [0.2, 0.25) is 0 Å². The fraction of sp³-hybridized carbons (Fsp3) is 0.462. The van der Waals surface area contributed by atoms with E-state index in [1.807, 2.05) is 12.1 Å². The van der Waals surface area contributed by atoms with Crippen molar-refractivity contribution in [1.29, 1.82) is 5.26 Å². The maximum Gasteiger partial charge on any atom is 0.121 e. The van der Waals surface area contributed by atoms with E-state index in [1.54, 1.807) is 12.1 Å². The van der Waals surface area contributed by atoms with Crippen molar-refractivity contribution < 1.29 is 4.74 Å². The van der Waals surface area contributed by atoms with Crippen molar-refractivity contribution in [2.45, 2.75) is 37.8 Å². The smallest absolute Gasteiger partial charge is 0.121 e. The number of benzene rings is 1. The van der Waals surface area contributed by atoms with Gasteiger partial charge in [0.15, 0.2) is 0 Å². The van der Waals surface area contributed by atoms with Gasteiger partial charge in [0.25, 0.3) is 0 Å². The highest BCUT2D eigenvalue weighted by molar-refractivity contribution is 5.36. The van der Waals surface area contributed by atoms with Gasteiger partial charge in [-0.05, 0) is 43.9 Å². The second-order valence-corrected chi connectivity index (χ2v) is 4.29. The van der Waals surface area contributed by atoms with Gasteiger partial charge in [0.05, 0.1) is 17.7 Å². The maximum absolute atomic E-state index is 8.78. The number of rotatable bonds is 2. The van der Waals surface area contributed by atoms with Gasteiger partial charge in [-0.15, -0.1) is 0 Å². The molecule has 0 bridgehead atoms. The predicted molar refractivity (Wildman–Crippen MR) is 62.0 cm³/mol. The molecule has 3 nitrogen and oxygen atoms in total. The van der Waals surface area contributed by atoms with Crippen LogP contribution in [0.25, 0.3) is 0 Å². The molecule has 0 unspecified atom stereocenters. The molecule has 0 heterocycles. The number of nitrogens with zero attached hydrogens (tertiary/aromatic N) is 1. The number of ether oxygens (including phenoxy) is 1. The third-order valence-corrected chi connectivity index (χ3v) is 2.98. The predicted octanol–water partition coefficient (Wildman–Crippen LogP) is 2.21. The lowest BCUT2D eigenvalue weighted by atomic mass is 9.94. The zero-order valence-electron chi connectivity index (χ0n) is 9.23. The van der Waals surface area contributed by atoms with Crippen LogP contribution in [0.1, 0.15) is 31.2 Å². The van der Waals surface area contributed by atoms with Crippen molar-refractivity contribution in [3.8, 4) is 11.8 Å². The number of hydrogen-bond donors (Lipinski definition) is 1. The molecule has 16 heavy (non-hydrogen) atoms. The average Bonchev–Trinajstić information content (AvgIpc) is 2.32. The van der Waals surface area contributed by atoms with Crippen molar-refractivity contribution in [2.24, 2.45) is 5.73 Å². The number of hydrogen-bond acceptors (Lipinski definition) is 3. The molecule has 1 aromatic carbocycles. The Kier molecular flexibility index (Phi) is 3.43. The third-order valence-electron chi connectivity index (χ3n) is 2.98. The van der Waals surface area contributed by atoms with Gasteiger partial charge in [-0.3, -0.25) is 0 Å². The summed E-state index contributed by atoms with van der Waals surface area (Å²) >= 11 is 0. The Morgan fingerprint density at radius 1 is 1.25 bits per heavy atom. The molecule has 0 amide bonds. The van der Waals surface area contributed by atoms with Crippen molar-refractivity contribution in [1.82, 2.24) is 0 Å². The maximum atomic E-state index is 8.78. The minimum absolute atomic E-state index is 0.258. The first-order valence-electron chi connectivity index (χ1n) is 5.70. The lowest BCUT2D eigenvalue weighted by molar-refractivity contribution is 0.147. The first-order valence-corrected chi connectivity index (χ1v) is 5.70. The summed E-state index contributed by atoms with van der Waals surface area (Å²) in [6, 6.07) is 9.77. The Labute approximate surface area is 95.8 Å². The van der Waals surface area contributed by atoms with Gasteiger partial charge >= 0.3 is 0 Å². The molecule has 0 atom stereocenters. The summed E-state index contributed by atoms with van der Waals surface area (Å²) in [5.41, 5.74) is 6.48. The Hall–Kier alpha value is -1.53. The van der Waals surface area contributed by atoms with Crippen molar-refractivity contribution in [2.75, 3.05) is 0 Å². The summed E-state index contributed by atoms with van der Waals surface area (Å²) in [5, 5.41) is 8.78. The van der Waals surface area contributed by atoms with E-state index in [0.717, 1.165) is 31.4 Å². The summed E-state index contributed by atoms with van der Waals surface area (Å²) in [6.45, 7) is 0. The van der Waals surface area contributed by atoms with Crippen LogP contribution in [0.15, 0.2) is 24.3 Å². The van der Waals surface area contributed by atoms with Crippen LogP contribution in [-0.2, 0) is 0 Å². The average molecular weight is 216 g/mol. The standard InChI is InChI=1S/C13H16N2O/c14-9-10-2-1-3-13(8-10)16-12-6-4-11(15)5-7-12/h1-3,8,11-12H,4-7,15H2/t11-,12-. The van der Waals surface area contributed by atoms with E-state index in [0.29, 0.717) is 11.6 Å². The Bertz CT molecular complexity index is 389. The molecule has 2 rings (SSSR count). The Morgan fingerprint density at radius 2 is 2.00 bits per heavy atom. The molecule has 2 N–H and O–H groups in total. The summed E-state index contributed by atoms with van der Waals surface area (Å²) < 4.78 is 5.84. The first-order chi connectivity index (χ1) is 7.78. The van der Waals surface area contributed by atoms with Crippen LogP contribution in [0.3, 0.4) is 0 Å². The van der Waals surface area contributed by atoms with E-state index < -0.39 is 0 Å². The SMILES string of the molecule is N#Cc1cccc(O[C@H]2CC[C@H](N)CC2)c1. The topological polar surface area (TPSA) is 59.0 Å². The third kappa shape index (κ3) is 2.74. The van der Waals surface area contributed by atoms with Gasteiger partial charge in [0.2, 0.25) is 0 Å². The van der Waals surface area contributed by atoms with Crippen LogP contribution < -0.4 is 10.5 Å². The fourth-order valence-corrected chi connectivity index (χ4v) is 2.04. The van der Waals surface area contributed by atoms with Crippen molar-refractivity contribution >= 4 is 0 Å². The van der Waals surface area contributed by atoms with Crippen LogP contribution in [0, 0.1) is 11.3 Å². The molecule has 0 aromatic heterocycles. The normalized spacial score (nSPS) is 24.8. The van der Waals surface area contributed by atoms with E-state index in [4.69, 9.17) is 15.7 Å². The summed E-state index contributed by atoms with van der Waals surface area (Å²) in [5.74, 6) is 0.791. The van der Waals surface area contributed by atoms with Crippen LogP contribution >= 0.6 is 0 Å². The van der Waals surface area contributed by atoms with E-state index in [-0.39, 0.29) is 6.10 Å². The minimum Gasteiger partial charge on any atom is -0.490 e. The quantitative estimate of drug-likeness (QED) is 0.824. The zero-order valence-corrected chi connectivity index (χ0v) is 9.23. The molecule has 1 aliphatic rings. The molecular weight excluding hydrogens is 200 g/mol. The van der Waals surface area contributed by atoms with Crippen molar-refractivity contribution in [3.05, 3.63) is 29.8 Å². The fourth-order valence-electron chi connectivity index (χ4n) is 2.04. The second kappa shape index (κ2) is 5.00. The van der Waals surface area contributed by atoms with Crippen LogP contribution in [0.4, 0.5) is 0 Å². The van der Waals surface area contributed by atoms with Gasteiger partial charge in [-0.1, -0.05) is 6.07 Å². The van der Waals surface area contributed by atoms with Gasteiger partial charge in [-0.25, -0.2) is 0 Å². The zero-order chi connectivity index (χ0) is 11.4. The molecule has 0 radical (unpaired) electrons. The monoisotopic (exact) mass is 216 g/mol. The lowest BCUT2D eigenvalue weighted by Crippen LogP contribution is -2.31. The largest absolute Gasteiger partial charge is 0.490 e. The Balaban J connectivity index is 1.96. The highest BCUT2D eigenvalue weighted by atomic mass is 16.5. The van der Waals surface area contributed by atoms with Gasteiger partial charge in [0, 0.05) is 6.04 Å². The van der Waals surface area contributed by atoms with Crippen LogP contribution in [0.5, 0.6) is 5.75 Å². The molecule has 84 valence electrons. The highest BCUT2D eigenvalue weighted by Gasteiger charge is 2.19. The first kappa shape index (κ1) is 11.0. The molecule has 1 fully saturated rings. The number of nitrogens with two attached hydrogens (primary N) is 1. The molecule has 1 aromatic rings. The molecule has 1 saturated carbocycles. The Morgan fingerprint density at radius 3 is 2.69 bits per heavy atom. The van der Waals surface area contributed by atoms with Crippen molar-refractivity contribution in [3.63, 3.8) is 0 Å². The van der Waals surface area contributed by atoms with Gasteiger partial charge < -0.3 is 10.5 Å². The molecule has 1 aliphatic carbocycles. The van der Waals surface area contributed by atoms with E-state index in [2.05, 4.69) is 6.07 Å². The second-order valence-electron chi connectivity index (χ2n) is 4.29.